The first-order valence-electron chi connectivity index (χ1n) is 8.62. The molecule has 0 fully saturated rings. The van der Waals surface area contributed by atoms with Crippen molar-refractivity contribution in [3.05, 3.63) is 70.8 Å². The van der Waals surface area contributed by atoms with Crippen LogP contribution in [-0.4, -0.2) is 33.2 Å². The first-order chi connectivity index (χ1) is 12.6. The summed E-state index contributed by atoms with van der Waals surface area (Å²) in [6, 6.07) is 15.3. The number of carbonyl (C=O) groups excluding carboxylic acids is 1. The van der Waals surface area contributed by atoms with Crippen LogP contribution < -0.4 is 11.0 Å². The zero-order chi connectivity index (χ0) is 18.4. The van der Waals surface area contributed by atoms with Gasteiger partial charge in [0.1, 0.15) is 6.54 Å². The van der Waals surface area contributed by atoms with Gasteiger partial charge in [-0.25, -0.2) is 9.48 Å². The molecule has 2 aromatic heterocycles. The third kappa shape index (κ3) is 4.37. The van der Waals surface area contributed by atoms with Crippen molar-refractivity contribution in [2.75, 3.05) is 13.2 Å². The minimum atomic E-state index is -0.323. The predicted molar refractivity (Wildman–Crippen MR) is 97.9 cm³/mol. The molecule has 0 aliphatic carbocycles. The molecule has 1 N–H and O–H groups in total. The number of nitrogens with one attached hydrogen (secondary N) is 1. The second kappa shape index (κ2) is 8.44. The summed E-state index contributed by atoms with van der Waals surface area (Å²) in [5.41, 5.74) is 1.33. The second-order valence-corrected chi connectivity index (χ2v) is 6.00. The lowest BCUT2D eigenvalue weighted by molar-refractivity contribution is -0.121. The van der Waals surface area contributed by atoms with Gasteiger partial charge in [0, 0.05) is 19.3 Å². The third-order valence-corrected chi connectivity index (χ3v) is 4.06. The highest BCUT2D eigenvalue weighted by Crippen LogP contribution is 2.15. The summed E-state index contributed by atoms with van der Waals surface area (Å²) in [4.78, 5) is 24.1. The monoisotopic (exact) mass is 354 g/mol. The smallest absolute Gasteiger partial charge is 0.350 e. The molecule has 7 nitrogen and oxygen atoms in total. The van der Waals surface area contributed by atoms with E-state index < -0.39 is 0 Å². The van der Waals surface area contributed by atoms with Crippen molar-refractivity contribution in [2.24, 2.45) is 0 Å². The summed E-state index contributed by atoms with van der Waals surface area (Å²) in [5.74, 6) is -0.244. The third-order valence-electron chi connectivity index (χ3n) is 4.06. The van der Waals surface area contributed by atoms with Crippen molar-refractivity contribution in [2.45, 2.75) is 26.0 Å². The molecule has 1 aromatic carbocycles. The van der Waals surface area contributed by atoms with Gasteiger partial charge >= 0.3 is 5.69 Å². The van der Waals surface area contributed by atoms with Crippen LogP contribution in [0.15, 0.2) is 59.5 Å². The van der Waals surface area contributed by atoms with Gasteiger partial charge < -0.3 is 10.1 Å². The summed E-state index contributed by atoms with van der Waals surface area (Å²) in [7, 11) is 0. The van der Waals surface area contributed by atoms with Gasteiger partial charge in [0.25, 0.3) is 0 Å². The van der Waals surface area contributed by atoms with E-state index in [9.17, 15) is 9.59 Å². The van der Waals surface area contributed by atoms with Gasteiger partial charge in [0.2, 0.25) is 5.91 Å². The molecule has 0 aliphatic rings. The molecule has 0 spiro atoms. The molecule has 0 bridgehead atoms. The first kappa shape index (κ1) is 17.9. The molecule has 26 heavy (non-hydrogen) atoms. The lowest BCUT2D eigenvalue weighted by Gasteiger charge is -2.13. The topological polar surface area (TPSA) is 77.6 Å². The van der Waals surface area contributed by atoms with E-state index in [1.54, 1.807) is 24.4 Å². The van der Waals surface area contributed by atoms with E-state index in [1.165, 1.54) is 9.08 Å². The molecular weight excluding hydrogens is 332 g/mol. The van der Waals surface area contributed by atoms with E-state index in [0.717, 1.165) is 5.56 Å². The summed E-state index contributed by atoms with van der Waals surface area (Å²) in [6.45, 7) is 2.94. The van der Waals surface area contributed by atoms with Crippen molar-refractivity contribution in [3.63, 3.8) is 0 Å². The maximum Gasteiger partial charge on any atom is 0.350 e. The number of carbonyl (C=O) groups is 1. The number of rotatable bonds is 8. The van der Waals surface area contributed by atoms with Crippen LogP contribution >= 0.6 is 0 Å². The Labute approximate surface area is 151 Å². The zero-order valence-corrected chi connectivity index (χ0v) is 14.7. The summed E-state index contributed by atoms with van der Waals surface area (Å²) in [6.07, 6.45) is 2.34. The molecule has 0 aliphatic heterocycles. The Hall–Kier alpha value is -2.93. The van der Waals surface area contributed by atoms with Crippen molar-refractivity contribution in [1.82, 2.24) is 19.5 Å². The minimum Gasteiger partial charge on any atom is -0.374 e. The van der Waals surface area contributed by atoms with E-state index in [-0.39, 0.29) is 24.2 Å². The van der Waals surface area contributed by atoms with Crippen LogP contribution in [0.1, 0.15) is 25.0 Å². The Morgan fingerprint density at radius 2 is 1.96 bits per heavy atom. The largest absolute Gasteiger partial charge is 0.374 e. The van der Waals surface area contributed by atoms with Crippen molar-refractivity contribution in [3.8, 4) is 0 Å². The van der Waals surface area contributed by atoms with Crippen LogP contribution in [0.25, 0.3) is 5.65 Å². The van der Waals surface area contributed by atoms with Gasteiger partial charge in [-0.1, -0.05) is 36.4 Å². The zero-order valence-electron chi connectivity index (χ0n) is 14.7. The van der Waals surface area contributed by atoms with Gasteiger partial charge in [-0.05, 0) is 31.0 Å². The fourth-order valence-electron chi connectivity index (χ4n) is 2.64. The SMILES string of the molecule is C[C@H](OCCCNC(=O)Cn1nc2ccccn2c1=O)c1ccccc1. The Morgan fingerprint density at radius 1 is 1.19 bits per heavy atom. The molecule has 0 unspecified atom stereocenters. The molecule has 2 heterocycles. The number of aromatic nitrogens is 3. The summed E-state index contributed by atoms with van der Waals surface area (Å²) >= 11 is 0. The van der Waals surface area contributed by atoms with Crippen LogP contribution in [-0.2, 0) is 16.1 Å². The molecular formula is C19H22N4O3. The van der Waals surface area contributed by atoms with Crippen LogP contribution in [0.3, 0.4) is 0 Å². The molecule has 0 radical (unpaired) electrons. The summed E-state index contributed by atoms with van der Waals surface area (Å²) < 4.78 is 8.34. The predicted octanol–water partition coefficient (Wildman–Crippen LogP) is 1.78. The fourth-order valence-corrected chi connectivity index (χ4v) is 2.64. The maximum atomic E-state index is 12.1. The van der Waals surface area contributed by atoms with Crippen molar-refractivity contribution in [1.29, 1.82) is 0 Å². The number of nitrogens with zero attached hydrogens (tertiary/aromatic N) is 3. The second-order valence-electron chi connectivity index (χ2n) is 6.00. The minimum absolute atomic E-state index is 0.0171. The van der Waals surface area contributed by atoms with E-state index in [2.05, 4.69) is 10.4 Å². The highest BCUT2D eigenvalue weighted by atomic mass is 16.5. The van der Waals surface area contributed by atoms with Crippen LogP contribution in [0.4, 0.5) is 0 Å². The standard InChI is InChI=1S/C19H22N4O3/c1-15(16-8-3-2-4-9-16)26-13-7-11-20-18(24)14-23-19(25)22-12-6-5-10-17(22)21-23/h2-6,8-10,12,15H,7,11,13-14H2,1H3,(H,20,24)/t15-/m0/s1. The molecule has 3 rings (SSSR count). The lowest BCUT2D eigenvalue weighted by atomic mass is 10.1. The molecule has 1 atom stereocenters. The van der Waals surface area contributed by atoms with Crippen LogP contribution in [0, 0.1) is 0 Å². The molecule has 3 aromatic rings. The lowest BCUT2D eigenvalue weighted by Crippen LogP contribution is -2.33. The quantitative estimate of drug-likeness (QED) is 0.626. The van der Waals surface area contributed by atoms with Gasteiger partial charge in [0.05, 0.1) is 6.10 Å². The average Bonchev–Trinajstić information content (AvgIpc) is 2.98. The van der Waals surface area contributed by atoms with E-state index in [4.69, 9.17) is 4.74 Å². The van der Waals surface area contributed by atoms with Gasteiger partial charge in [0.15, 0.2) is 5.65 Å². The van der Waals surface area contributed by atoms with E-state index in [1.807, 2.05) is 37.3 Å². The number of benzene rings is 1. The van der Waals surface area contributed by atoms with E-state index in [0.29, 0.717) is 25.2 Å². The highest BCUT2D eigenvalue weighted by molar-refractivity contribution is 5.75. The van der Waals surface area contributed by atoms with Crippen LogP contribution in [0.2, 0.25) is 0 Å². The fraction of sp³-hybridized carbons (Fsp3) is 0.316. The molecule has 0 saturated carbocycles. The van der Waals surface area contributed by atoms with Gasteiger partial charge in [-0.2, -0.15) is 0 Å². The number of amides is 1. The van der Waals surface area contributed by atoms with Crippen LogP contribution in [0.5, 0.6) is 0 Å². The molecule has 1 amide bonds. The first-order valence-corrected chi connectivity index (χ1v) is 8.62. The van der Waals surface area contributed by atoms with Crippen molar-refractivity contribution < 1.29 is 9.53 Å². The number of fused-ring (bicyclic) bond motifs is 1. The maximum absolute atomic E-state index is 12.1. The Bertz CT molecular complexity index is 917. The molecule has 0 saturated heterocycles. The Morgan fingerprint density at radius 3 is 2.73 bits per heavy atom. The Balaban J connectivity index is 1.40. The number of hydrogen-bond acceptors (Lipinski definition) is 4. The number of pyridine rings is 1. The molecule has 7 heteroatoms. The normalized spacial score (nSPS) is 12.2. The van der Waals surface area contributed by atoms with Gasteiger partial charge in [-0.3, -0.25) is 9.20 Å². The van der Waals surface area contributed by atoms with Crippen molar-refractivity contribution >= 4 is 11.6 Å². The Kier molecular flexibility index (Phi) is 5.80. The number of ether oxygens (including phenoxy) is 1. The van der Waals surface area contributed by atoms with E-state index >= 15 is 0 Å². The summed E-state index contributed by atoms with van der Waals surface area (Å²) in [5, 5.41) is 6.92. The molecule has 136 valence electrons. The number of hydrogen-bond donors (Lipinski definition) is 1. The van der Waals surface area contributed by atoms with Gasteiger partial charge in [-0.15, -0.1) is 5.10 Å². The average molecular weight is 354 g/mol. The highest BCUT2D eigenvalue weighted by Gasteiger charge is 2.10.